The monoisotopic (exact) mass is 432 g/mol. The number of nitrogens with zero attached hydrogens (tertiary/aromatic N) is 6. The molecule has 0 radical (unpaired) electrons. The molecule has 0 N–H and O–H groups in total. The maximum Gasteiger partial charge on any atom is 0.415 e. The van der Waals surface area contributed by atoms with Crippen LogP contribution in [0.25, 0.3) is 0 Å². The van der Waals surface area contributed by atoms with E-state index in [1.165, 1.54) is 7.11 Å². The van der Waals surface area contributed by atoms with Crippen molar-refractivity contribution in [3.8, 4) is 17.7 Å². The summed E-state index contributed by atoms with van der Waals surface area (Å²) in [6.45, 7) is 4.06. The first kappa shape index (κ1) is 21.3. The van der Waals surface area contributed by atoms with Gasteiger partial charge in [0.1, 0.15) is 0 Å². The second-order valence-corrected chi connectivity index (χ2v) is 7.46. The Labute approximate surface area is 186 Å². The molecule has 2 aromatic heterocycles. The Morgan fingerprint density at radius 1 is 1.12 bits per heavy atom. The molecule has 1 saturated heterocycles. The zero-order valence-corrected chi connectivity index (χ0v) is 17.8. The van der Waals surface area contributed by atoms with Crippen LogP contribution in [-0.4, -0.2) is 63.7 Å². The molecule has 0 unspecified atom stereocenters. The Hall–Kier alpha value is -3.90. The topological polar surface area (TPSA) is 96.5 Å². The predicted molar refractivity (Wildman–Crippen MR) is 116 cm³/mol. The van der Waals surface area contributed by atoms with E-state index in [1.54, 1.807) is 23.2 Å². The summed E-state index contributed by atoms with van der Waals surface area (Å²) in [5, 5.41) is 8.95. The minimum absolute atomic E-state index is 0.287. The van der Waals surface area contributed by atoms with Crippen molar-refractivity contribution in [2.45, 2.75) is 13.1 Å². The van der Waals surface area contributed by atoms with Gasteiger partial charge in [0, 0.05) is 51.7 Å². The van der Waals surface area contributed by atoms with Crippen molar-refractivity contribution < 1.29 is 14.3 Å². The van der Waals surface area contributed by atoms with E-state index in [2.05, 4.69) is 25.5 Å². The third kappa shape index (κ3) is 5.04. The van der Waals surface area contributed by atoms with Crippen LogP contribution in [0, 0.1) is 11.3 Å². The van der Waals surface area contributed by atoms with Crippen LogP contribution in [0.2, 0.25) is 0 Å². The number of aromatic nitrogens is 3. The zero-order chi connectivity index (χ0) is 22.3. The third-order valence-corrected chi connectivity index (χ3v) is 5.38. The van der Waals surface area contributed by atoms with E-state index < -0.39 is 6.09 Å². The van der Waals surface area contributed by atoms with Crippen molar-refractivity contribution in [3.63, 3.8) is 0 Å². The number of carbonyl (C=O) groups excluding carboxylic acids is 1. The Morgan fingerprint density at radius 2 is 1.91 bits per heavy atom. The highest BCUT2D eigenvalue weighted by molar-refractivity contribution is 5.71. The second-order valence-electron chi connectivity index (χ2n) is 7.46. The highest BCUT2D eigenvalue weighted by Crippen LogP contribution is 2.23. The van der Waals surface area contributed by atoms with Crippen LogP contribution < -0.4 is 9.47 Å². The molecule has 1 aliphatic heterocycles. The Kier molecular flexibility index (Phi) is 6.63. The molecule has 3 aromatic rings. The van der Waals surface area contributed by atoms with Gasteiger partial charge in [-0.3, -0.25) is 4.90 Å². The summed E-state index contributed by atoms with van der Waals surface area (Å²) in [5.41, 5.74) is 2.87. The van der Waals surface area contributed by atoms with Gasteiger partial charge in [0.05, 0.1) is 30.8 Å². The van der Waals surface area contributed by atoms with Gasteiger partial charge in [-0.2, -0.15) is 5.26 Å². The maximum atomic E-state index is 12.5. The summed E-state index contributed by atoms with van der Waals surface area (Å²) in [6.07, 6.45) is 4.88. The first-order valence-electron chi connectivity index (χ1n) is 10.3. The summed E-state index contributed by atoms with van der Waals surface area (Å²) in [5.74, 6) is 0.601. The molecule has 0 atom stereocenters. The van der Waals surface area contributed by atoms with E-state index in [4.69, 9.17) is 14.7 Å². The van der Waals surface area contributed by atoms with Gasteiger partial charge in [-0.25, -0.2) is 14.8 Å². The molecule has 32 heavy (non-hydrogen) atoms. The lowest BCUT2D eigenvalue weighted by atomic mass is 10.1. The molecule has 0 bridgehead atoms. The number of carbonyl (C=O) groups is 1. The molecule has 1 amide bonds. The quantitative estimate of drug-likeness (QED) is 0.590. The summed E-state index contributed by atoms with van der Waals surface area (Å²) < 4.78 is 12.7. The van der Waals surface area contributed by atoms with Crippen molar-refractivity contribution in [2.75, 3.05) is 33.3 Å². The fraction of sp³-hybridized carbons (Fsp3) is 0.304. The Balaban J connectivity index is 1.30. The fourth-order valence-electron chi connectivity index (χ4n) is 3.59. The van der Waals surface area contributed by atoms with Crippen molar-refractivity contribution in [1.29, 1.82) is 5.26 Å². The van der Waals surface area contributed by atoms with Gasteiger partial charge < -0.3 is 18.9 Å². The standard InChI is InChI=1S/C23H24N6O3/c1-31-22-21(3-2-8-26-22)32-23(30)28-11-9-27(10-12-28)16-20-14-25-17-29(20)15-19-6-4-18(13-24)5-7-19/h2-8,14,17H,9-12,15-16H2,1H3. The summed E-state index contributed by atoms with van der Waals surface area (Å²) in [6, 6.07) is 13.1. The third-order valence-electron chi connectivity index (χ3n) is 5.38. The molecule has 4 rings (SSSR count). The number of piperazine rings is 1. The van der Waals surface area contributed by atoms with Gasteiger partial charge in [-0.1, -0.05) is 12.1 Å². The van der Waals surface area contributed by atoms with Crippen molar-refractivity contribution in [2.24, 2.45) is 0 Å². The maximum absolute atomic E-state index is 12.5. The zero-order valence-electron chi connectivity index (χ0n) is 17.8. The Bertz CT molecular complexity index is 1100. The summed E-state index contributed by atoms with van der Waals surface area (Å²) in [4.78, 5) is 24.9. The van der Waals surface area contributed by atoms with Crippen LogP contribution in [0.1, 0.15) is 16.8 Å². The number of amides is 1. The normalized spacial score (nSPS) is 14.1. The van der Waals surface area contributed by atoms with E-state index >= 15 is 0 Å². The summed E-state index contributed by atoms with van der Waals surface area (Å²) >= 11 is 0. The molecule has 164 valence electrons. The van der Waals surface area contributed by atoms with Gasteiger partial charge >= 0.3 is 6.09 Å². The van der Waals surface area contributed by atoms with Crippen molar-refractivity contribution in [1.82, 2.24) is 24.3 Å². The molecule has 0 aliphatic carbocycles. The number of imidazole rings is 1. The highest BCUT2D eigenvalue weighted by Gasteiger charge is 2.24. The molecular formula is C23H24N6O3. The fourth-order valence-corrected chi connectivity index (χ4v) is 3.59. The van der Waals surface area contributed by atoms with Crippen molar-refractivity contribution in [3.05, 3.63) is 71.9 Å². The second kappa shape index (κ2) is 9.94. The number of nitriles is 1. The van der Waals surface area contributed by atoms with Crippen LogP contribution in [0.5, 0.6) is 11.6 Å². The van der Waals surface area contributed by atoms with E-state index in [-0.39, 0.29) is 5.88 Å². The molecule has 9 nitrogen and oxygen atoms in total. The van der Waals surface area contributed by atoms with E-state index in [0.717, 1.165) is 30.9 Å². The molecule has 1 fully saturated rings. The highest BCUT2D eigenvalue weighted by atomic mass is 16.6. The van der Waals surface area contributed by atoms with Crippen LogP contribution in [0.4, 0.5) is 4.79 Å². The SMILES string of the molecule is COc1ncccc1OC(=O)N1CCN(Cc2cncn2Cc2ccc(C#N)cc2)CC1. The first-order chi connectivity index (χ1) is 15.7. The molecule has 0 saturated carbocycles. The number of hydrogen-bond donors (Lipinski definition) is 0. The lowest BCUT2D eigenvalue weighted by molar-refractivity contribution is 0.106. The number of rotatable bonds is 6. The molecular weight excluding hydrogens is 408 g/mol. The smallest absolute Gasteiger partial charge is 0.415 e. The lowest BCUT2D eigenvalue weighted by Crippen LogP contribution is -2.49. The van der Waals surface area contributed by atoms with Crippen molar-refractivity contribution >= 4 is 6.09 Å². The average molecular weight is 432 g/mol. The number of benzene rings is 1. The largest absolute Gasteiger partial charge is 0.478 e. The van der Waals surface area contributed by atoms with E-state index in [0.29, 0.717) is 30.9 Å². The number of methoxy groups -OCH3 is 1. The molecule has 3 heterocycles. The van der Waals surface area contributed by atoms with Gasteiger partial charge in [0.15, 0.2) is 5.75 Å². The molecule has 1 aromatic carbocycles. The van der Waals surface area contributed by atoms with Gasteiger partial charge in [0.2, 0.25) is 0 Å². The van der Waals surface area contributed by atoms with Gasteiger partial charge in [-0.05, 0) is 29.8 Å². The first-order valence-corrected chi connectivity index (χ1v) is 10.3. The number of hydrogen-bond acceptors (Lipinski definition) is 7. The average Bonchev–Trinajstić information content (AvgIpc) is 3.26. The van der Waals surface area contributed by atoms with Gasteiger partial charge in [-0.15, -0.1) is 0 Å². The predicted octanol–water partition coefficient (Wildman–Crippen LogP) is 2.52. The molecule has 1 aliphatic rings. The van der Waals surface area contributed by atoms with Crippen LogP contribution in [0.15, 0.2) is 55.1 Å². The van der Waals surface area contributed by atoms with E-state index in [9.17, 15) is 4.79 Å². The minimum Gasteiger partial charge on any atom is -0.478 e. The number of pyridine rings is 1. The molecule has 0 spiro atoms. The summed E-state index contributed by atoms with van der Waals surface area (Å²) in [7, 11) is 1.49. The van der Waals surface area contributed by atoms with E-state index in [1.807, 2.05) is 36.8 Å². The lowest BCUT2D eigenvalue weighted by Gasteiger charge is -2.34. The number of ether oxygens (including phenoxy) is 2. The van der Waals surface area contributed by atoms with Crippen LogP contribution in [-0.2, 0) is 13.1 Å². The van der Waals surface area contributed by atoms with Gasteiger partial charge in [0.25, 0.3) is 5.88 Å². The molecule has 9 heteroatoms. The van der Waals surface area contributed by atoms with Crippen LogP contribution >= 0.6 is 0 Å². The Morgan fingerprint density at radius 3 is 2.62 bits per heavy atom. The van der Waals surface area contributed by atoms with Crippen LogP contribution in [0.3, 0.4) is 0 Å². The minimum atomic E-state index is -0.401.